The Morgan fingerprint density at radius 2 is 2.36 bits per heavy atom. The second-order valence-corrected chi connectivity index (χ2v) is 2.11. The molecule has 0 aromatic carbocycles. The molecule has 0 aliphatic carbocycles. The fraction of sp³-hybridized carbons (Fsp3) is 0.167. The summed E-state index contributed by atoms with van der Waals surface area (Å²) in [5.41, 5.74) is 0.210. The number of aromatic nitrogens is 2. The van der Waals surface area contributed by atoms with Gasteiger partial charge in [-0.25, -0.2) is 0 Å². The van der Waals surface area contributed by atoms with E-state index in [4.69, 9.17) is 11.6 Å². The zero-order valence-electron chi connectivity index (χ0n) is 5.74. The third kappa shape index (κ3) is 1.88. The Morgan fingerprint density at radius 3 is 2.91 bits per heavy atom. The highest BCUT2D eigenvalue weighted by atomic mass is 35.5. The van der Waals surface area contributed by atoms with Crippen LogP contribution in [-0.4, -0.2) is 23.4 Å². The molecule has 0 spiro atoms. The highest BCUT2D eigenvalue weighted by Crippen LogP contribution is 2.09. The van der Waals surface area contributed by atoms with Gasteiger partial charge in [-0.3, -0.25) is 4.79 Å². The van der Waals surface area contributed by atoms with Gasteiger partial charge < -0.3 is 4.74 Å². The number of hydrogen-bond acceptors (Lipinski definition) is 4. The molecule has 0 saturated carbocycles. The topological polar surface area (TPSA) is 52.1 Å². The van der Waals surface area contributed by atoms with Gasteiger partial charge in [-0.2, -0.15) is 9.97 Å². The van der Waals surface area contributed by atoms with E-state index < -0.39 is 0 Å². The van der Waals surface area contributed by atoms with Gasteiger partial charge in [-0.1, -0.05) is 11.6 Å². The van der Waals surface area contributed by atoms with Crippen LogP contribution in [0.5, 0.6) is 6.01 Å². The Balaban J connectivity index is 3.11. The number of aldehydes is 1. The van der Waals surface area contributed by atoms with E-state index in [0.717, 1.165) is 0 Å². The molecule has 5 heteroatoms. The predicted octanol–water partition coefficient (Wildman–Crippen LogP) is 0.951. The molecule has 0 bridgehead atoms. The Hall–Kier alpha value is -1.16. The summed E-state index contributed by atoms with van der Waals surface area (Å²) in [7, 11) is 1.40. The summed E-state index contributed by atoms with van der Waals surface area (Å²) < 4.78 is 4.67. The number of rotatable bonds is 2. The summed E-state index contributed by atoms with van der Waals surface area (Å²) in [6.45, 7) is 0. The summed E-state index contributed by atoms with van der Waals surface area (Å²) in [6, 6.07) is 1.46. The third-order valence-electron chi connectivity index (χ3n) is 0.998. The molecule has 58 valence electrons. The number of nitrogens with zero attached hydrogens (tertiary/aromatic N) is 2. The van der Waals surface area contributed by atoms with E-state index in [1.54, 1.807) is 0 Å². The maximum Gasteiger partial charge on any atom is 0.318 e. The molecule has 1 aromatic rings. The van der Waals surface area contributed by atoms with Crippen LogP contribution < -0.4 is 4.74 Å². The fourth-order valence-electron chi connectivity index (χ4n) is 0.565. The molecule has 0 aliphatic rings. The normalized spacial score (nSPS) is 9.27. The van der Waals surface area contributed by atoms with Crippen molar-refractivity contribution in [2.75, 3.05) is 7.11 Å². The largest absolute Gasteiger partial charge is 0.467 e. The van der Waals surface area contributed by atoms with Crippen molar-refractivity contribution in [2.24, 2.45) is 0 Å². The number of carbonyl (C=O) groups excluding carboxylic acids is 1. The SMILES string of the molecule is COc1nc(Cl)cc(C=O)n1. The smallest absolute Gasteiger partial charge is 0.318 e. The van der Waals surface area contributed by atoms with Gasteiger partial charge in [-0.15, -0.1) is 0 Å². The lowest BCUT2D eigenvalue weighted by atomic mass is 10.4. The lowest BCUT2D eigenvalue weighted by molar-refractivity contribution is 0.111. The first-order valence-corrected chi connectivity index (χ1v) is 3.18. The monoisotopic (exact) mass is 172 g/mol. The Bertz CT molecular complexity index is 277. The Morgan fingerprint density at radius 1 is 1.64 bits per heavy atom. The van der Waals surface area contributed by atoms with Gasteiger partial charge in [0.05, 0.1) is 7.11 Å². The lowest BCUT2D eigenvalue weighted by Gasteiger charge is -1.97. The molecule has 1 heterocycles. The van der Waals surface area contributed by atoms with Gasteiger partial charge in [0.2, 0.25) is 0 Å². The number of methoxy groups -OCH3 is 1. The van der Waals surface area contributed by atoms with Crippen LogP contribution in [0.1, 0.15) is 10.5 Å². The van der Waals surface area contributed by atoms with Crippen molar-refractivity contribution in [1.29, 1.82) is 0 Å². The molecule has 0 atom stereocenters. The van der Waals surface area contributed by atoms with Crippen molar-refractivity contribution in [3.63, 3.8) is 0 Å². The number of ether oxygens (including phenoxy) is 1. The van der Waals surface area contributed by atoms with E-state index in [-0.39, 0.29) is 16.9 Å². The summed E-state index contributed by atoms with van der Waals surface area (Å²) in [4.78, 5) is 17.6. The minimum atomic E-state index is 0.0969. The van der Waals surface area contributed by atoms with Gasteiger partial charge in [0, 0.05) is 6.07 Å². The molecule has 0 amide bonds. The van der Waals surface area contributed by atoms with Gasteiger partial charge in [0.25, 0.3) is 0 Å². The van der Waals surface area contributed by atoms with E-state index in [1.165, 1.54) is 13.2 Å². The van der Waals surface area contributed by atoms with Gasteiger partial charge >= 0.3 is 6.01 Å². The van der Waals surface area contributed by atoms with Gasteiger partial charge in [0.1, 0.15) is 10.8 Å². The highest BCUT2D eigenvalue weighted by molar-refractivity contribution is 6.29. The fourth-order valence-corrected chi connectivity index (χ4v) is 0.749. The zero-order valence-corrected chi connectivity index (χ0v) is 6.50. The van der Waals surface area contributed by atoms with Crippen LogP contribution >= 0.6 is 11.6 Å². The van der Waals surface area contributed by atoms with E-state index in [1.807, 2.05) is 0 Å². The minimum absolute atomic E-state index is 0.0969. The van der Waals surface area contributed by atoms with Crippen LogP contribution in [0.2, 0.25) is 5.15 Å². The van der Waals surface area contributed by atoms with E-state index in [0.29, 0.717) is 6.29 Å². The minimum Gasteiger partial charge on any atom is -0.467 e. The quantitative estimate of drug-likeness (QED) is 0.492. The molecule has 0 radical (unpaired) electrons. The second kappa shape index (κ2) is 3.30. The van der Waals surface area contributed by atoms with Crippen LogP contribution in [0.3, 0.4) is 0 Å². The van der Waals surface area contributed by atoms with E-state index in [2.05, 4.69) is 14.7 Å². The van der Waals surface area contributed by atoms with Crippen LogP contribution in [0.25, 0.3) is 0 Å². The first kappa shape index (κ1) is 7.94. The first-order valence-electron chi connectivity index (χ1n) is 2.80. The van der Waals surface area contributed by atoms with Crippen molar-refractivity contribution < 1.29 is 9.53 Å². The Kier molecular flexibility index (Phi) is 2.38. The molecule has 11 heavy (non-hydrogen) atoms. The van der Waals surface area contributed by atoms with Crippen LogP contribution in [0, 0.1) is 0 Å². The molecule has 1 rings (SSSR count). The summed E-state index contributed by atoms with van der Waals surface area (Å²) in [5.74, 6) is 0. The number of hydrogen-bond donors (Lipinski definition) is 0. The van der Waals surface area contributed by atoms with E-state index in [9.17, 15) is 4.79 Å². The second-order valence-electron chi connectivity index (χ2n) is 1.72. The summed E-state index contributed by atoms with van der Waals surface area (Å²) in [6.07, 6.45) is 0.579. The van der Waals surface area contributed by atoms with Crippen LogP contribution in [-0.2, 0) is 0 Å². The average Bonchev–Trinajstić information content (AvgIpc) is 2.03. The third-order valence-corrected chi connectivity index (χ3v) is 1.19. The molecule has 0 fully saturated rings. The van der Waals surface area contributed by atoms with Gasteiger partial charge in [-0.05, 0) is 0 Å². The van der Waals surface area contributed by atoms with Crippen LogP contribution in [0.15, 0.2) is 6.07 Å². The Labute approximate surface area is 68.2 Å². The van der Waals surface area contributed by atoms with Gasteiger partial charge in [0.15, 0.2) is 6.29 Å². The molecule has 0 N–H and O–H groups in total. The lowest BCUT2D eigenvalue weighted by Crippen LogP contribution is -1.95. The summed E-state index contributed by atoms with van der Waals surface area (Å²) in [5, 5.41) is 0.193. The number of carbonyl (C=O) groups is 1. The molecule has 1 aromatic heterocycles. The summed E-state index contributed by atoms with van der Waals surface area (Å²) >= 11 is 5.52. The van der Waals surface area contributed by atoms with Crippen molar-refractivity contribution in [2.45, 2.75) is 0 Å². The van der Waals surface area contributed by atoms with Crippen molar-refractivity contribution in [1.82, 2.24) is 9.97 Å². The molecule has 4 nitrogen and oxygen atoms in total. The number of halogens is 1. The van der Waals surface area contributed by atoms with Crippen molar-refractivity contribution >= 4 is 17.9 Å². The molecular formula is C6H5ClN2O2. The first-order chi connectivity index (χ1) is 5.26. The standard InChI is InChI=1S/C6H5ClN2O2/c1-11-6-8-4(3-10)2-5(7)9-6/h2-3H,1H3. The predicted molar refractivity (Wildman–Crippen MR) is 39.0 cm³/mol. The highest BCUT2D eigenvalue weighted by Gasteiger charge is 2.00. The van der Waals surface area contributed by atoms with Crippen molar-refractivity contribution in [3.8, 4) is 6.01 Å². The molecule has 0 saturated heterocycles. The molecule has 0 unspecified atom stereocenters. The van der Waals surface area contributed by atoms with Crippen molar-refractivity contribution in [3.05, 3.63) is 16.9 Å². The maximum absolute atomic E-state index is 10.2. The maximum atomic E-state index is 10.2. The van der Waals surface area contributed by atoms with E-state index >= 15 is 0 Å². The van der Waals surface area contributed by atoms with Crippen LogP contribution in [0.4, 0.5) is 0 Å². The molecular weight excluding hydrogens is 168 g/mol. The molecule has 0 aliphatic heterocycles. The zero-order chi connectivity index (χ0) is 8.27. The average molecular weight is 173 g/mol.